The van der Waals surface area contributed by atoms with E-state index in [9.17, 15) is 19.2 Å². The summed E-state index contributed by atoms with van der Waals surface area (Å²) in [6.07, 6.45) is 5.45. The first-order chi connectivity index (χ1) is 18.4. The first-order valence-corrected chi connectivity index (χ1v) is 13.3. The van der Waals surface area contributed by atoms with Gasteiger partial charge in [-0.15, -0.1) is 0 Å². The van der Waals surface area contributed by atoms with Gasteiger partial charge in [0, 0.05) is 11.8 Å². The smallest absolute Gasteiger partial charge is 0.335 e. The summed E-state index contributed by atoms with van der Waals surface area (Å²) < 4.78 is 5.99. The van der Waals surface area contributed by atoms with E-state index in [1.165, 1.54) is 11.8 Å². The minimum absolute atomic E-state index is 0.0622. The summed E-state index contributed by atoms with van der Waals surface area (Å²) in [5.74, 6) is -1.07. The number of imide groups is 1. The normalized spacial score (nSPS) is 29.2. The zero-order valence-corrected chi connectivity index (χ0v) is 20.9. The van der Waals surface area contributed by atoms with Crippen molar-refractivity contribution in [3.63, 3.8) is 0 Å². The number of allylic oxidation sites excluding steroid dienone is 2. The molecular weight excluding hydrogens is 478 g/mol. The first kappa shape index (κ1) is 23.1. The van der Waals surface area contributed by atoms with Crippen LogP contribution in [0.25, 0.3) is 10.8 Å². The van der Waals surface area contributed by atoms with Crippen LogP contribution < -0.4 is 4.74 Å². The fraction of sp³-hybridized carbons (Fsp3) is 0.312. The fourth-order valence-electron chi connectivity index (χ4n) is 7.20. The van der Waals surface area contributed by atoms with Gasteiger partial charge in [0.25, 0.3) is 0 Å². The maximum Gasteiger partial charge on any atom is 0.335 e. The summed E-state index contributed by atoms with van der Waals surface area (Å²) in [5, 5.41) is 1.45. The van der Waals surface area contributed by atoms with Gasteiger partial charge in [0.1, 0.15) is 11.8 Å². The SMILES string of the molecule is CC(=O)c1ccc2ccccc2c1OC(=O)[C@@H](Cc1ccccc1)N1C(=O)[C@@H]2[C@@H]3C=C[C@H]([C@H]4C[C@H]34)[C@@H]2C1=O. The zero-order valence-electron chi connectivity index (χ0n) is 20.9. The van der Waals surface area contributed by atoms with Crippen LogP contribution in [0.15, 0.2) is 78.9 Å². The summed E-state index contributed by atoms with van der Waals surface area (Å²) in [6.45, 7) is 1.43. The highest BCUT2D eigenvalue weighted by Crippen LogP contribution is 2.65. The number of ketones is 1. The summed E-state index contributed by atoms with van der Waals surface area (Å²) in [4.78, 5) is 55.4. The molecule has 5 aliphatic rings. The van der Waals surface area contributed by atoms with E-state index in [1.807, 2.05) is 54.6 Å². The molecule has 1 aliphatic heterocycles. The van der Waals surface area contributed by atoms with Gasteiger partial charge in [0.15, 0.2) is 5.78 Å². The largest absolute Gasteiger partial charge is 0.424 e. The highest BCUT2D eigenvalue weighted by atomic mass is 16.5. The minimum atomic E-state index is -1.13. The van der Waals surface area contributed by atoms with Crippen LogP contribution in [0.3, 0.4) is 0 Å². The van der Waals surface area contributed by atoms with Crippen molar-refractivity contribution >= 4 is 34.3 Å². The number of carbonyl (C=O) groups is 4. The standard InChI is InChI=1S/C32H27NO5/c1-17(34)20-12-11-19-9-5-6-10-21(19)29(20)38-32(37)26(15-18-7-3-2-4-8-18)33-30(35)27-22-13-14-23(25-16-24(22)25)28(27)31(33)36/h2-14,22-28H,15-16H2,1H3/t22-,23-,24-,25-,26-,27-,28+/m1/s1. The molecule has 0 radical (unpaired) electrons. The average molecular weight is 506 g/mol. The third kappa shape index (κ3) is 3.39. The lowest BCUT2D eigenvalue weighted by Crippen LogP contribution is -2.48. The number of rotatable bonds is 6. The molecule has 3 fully saturated rings. The third-order valence-corrected chi connectivity index (χ3v) is 9.01. The van der Waals surface area contributed by atoms with E-state index in [-0.39, 0.29) is 47.2 Å². The highest BCUT2D eigenvalue weighted by molar-refractivity contribution is 6.10. The van der Waals surface area contributed by atoms with Gasteiger partial charge in [-0.2, -0.15) is 0 Å². The molecule has 0 aromatic heterocycles. The Labute approximate surface area is 220 Å². The van der Waals surface area contributed by atoms with E-state index in [0.29, 0.717) is 17.2 Å². The molecule has 2 saturated carbocycles. The lowest BCUT2D eigenvalue weighted by molar-refractivity contribution is -0.153. The lowest BCUT2D eigenvalue weighted by atomic mass is 9.63. The van der Waals surface area contributed by atoms with Gasteiger partial charge >= 0.3 is 5.97 Å². The van der Waals surface area contributed by atoms with Crippen molar-refractivity contribution in [1.82, 2.24) is 4.90 Å². The van der Waals surface area contributed by atoms with Gasteiger partial charge in [-0.05, 0) is 54.0 Å². The van der Waals surface area contributed by atoms with Crippen molar-refractivity contribution in [2.45, 2.75) is 25.8 Å². The van der Waals surface area contributed by atoms with Gasteiger partial charge in [-0.1, -0.05) is 72.8 Å². The second kappa shape index (κ2) is 8.48. The number of carbonyl (C=O) groups excluding carboxylic acids is 4. The van der Waals surface area contributed by atoms with Crippen molar-refractivity contribution < 1.29 is 23.9 Å². The maximum atomic E-state index is 14.0. The van der Waals surface area contributed by atoms with Crippen LogP contribution in [0.1, 0.15) is 29.3 Å². The van der Waals surface area contributed by atoms with Gasteiger partial charge in [0.05, 0.1) is 17.4 Å². The van der Waals surface area contributed by atoms with Crippen LogP contribution in [-0.2, 0) is 20.8 Å². The van der Waals surface area contributed by atoms with E-state index in [1.54, 1.807) is 12.1 Å². The molecule has 6 nitrogen and oxygen atoms in total. The molecule has 3 aromatic carbocycles. The molecule has 1 saturated heterocycles. The topological polar surface area (TPSA) is 80.8 Å². The molecule has 0 spiro atoms. The second-order valence-electron chi connectivity index (χ2n) is 11.0. The summed E-state index contributed by atoms with van der Waals surface area (Å²) in [7, 11) is 0. The van der Waals surface area contributed by atoms with Gasteiger partial charge in [0.2, 0.25) is 11.8 Å². The van der Waals surface area contributed by atoms with E-state index in [2.05, 4.69) is 12.2 Å². The quantitative estimate of drug-likeness (QED) is 0.161. The van der Waals surface area contributed by atoms with Crippen LogP contribution in [0, 0.1) is 35.5 Å². The Kier molecular flexibility index (Phi) is 5.15. The average Bonchev–Trinajstić information content (AvgIpc) is 3.71. The fourth-order valence-corrected chi connectivity index (χ4v) is 7.20. The highest BCUT2D eigenvalue weighted by Gasteiger charge is 2.68. The van der Waals surface area contributed by atoms with E-state index >= 15 is 0 Å². The number of hydrogen-bond donors (Lipinski definition) is 0. The van der Waals surface area contributed by atoms with E-state index < -0.39 is 23.8 Å². The number of amides is 2. The molecule has 2 amide bonds. The number of ether oxygens (including phenoxy) is 1. The Morgan fingerprint density at radius 3 is 2.16 bits per heavy atom. The van der Waals surface area contributed by atoms with Crippen LogP contribution in [-0.4, -0.2) is 34.5 Å². The van der Waals surface area contributed by atoms with Gasteiger partial charge in [-0.25, -0.2) is 4.79 Å². The second-order valence-corrected chi connectivity index (χ2v) is 11.0. The molecule has 0 unspecified atom stereocenters. The number of nitrogens with zero attached hydrogens (tertiary/aromatic N) is 1. The molecule has 8 rings (SSSR count). The van der Waals surface area contributed by atoms with Gasteiger partial charge in [-0.3, -0.25) is 19.3 Å². The van der Waals surface area contributed by atoms with Crippen LogP contribution in [0.2, 0.25) is 0 Å². The molecule has 0 N–H and O–H groups in total. The molecule has 4 aliphatic carbocycles. The van der Waals surface area contributed by atoms with Gasteiger partial charge < -0.3 is 4.74 Å². The number of fused-ring (bicyclic) bond motifs is 1. The number of benzene rings is 3. The molecule has 3 aromatic rings. The molecule has 7 atom stereocenters. The van der Waals surface area contributed by atoms with E-state index in [0.717, 1.165) is 17.4 Å². The monoisotopic (exact) mass is 505 g/mol. The summed E-state index contributed by atoms with van der Waals surface area (Å²) in [5.41, 5.74) is 1.10. The molecule has 6 heteroatoms. The van der Waals surface area contributed by atoms with Crippen molar-refractivity contribution in [2.24, 2.45) is 35.5 Å². The van der Waals surface area contributed by atoms with Crippen LogP contribution in [0.5, 0.6) is 5.75 Å². The zero-order chi connectivity index (χ0) is 26.1. The van der Waals surface area contributed by atoms with Crippen LogP contribution in [0.4, 0.5) is 0 Å². The van der Waals surface area contributed by atoms with Crippen molar-refractivity contribution in [1.29, 1.82) is 0 Å². The van der Waals surface area contributed by atoms with E-state index in [4.69, 9.17) is 4.74 Å². The Balaban J connectivity index is 1.28. The molecule has 190 valence electrons. The lowest BCUT2D eigenvalue weighted by Gasteiger charge is -2.37. The number of Topliss-reactive ketones (excluding diaryl/α,β-unsaturated/α-hetero) is 1. The Morgan fingerprint density at radius 2 is 1.50 bits per heavy atom. The maximum absolute atomic E-state index is 14.0. The predicted molar refractivity (Wildman–Crippen MR) is 140 cm³/mol. The Hall–Kier alpha value is -4.06. The third-order valence-electron chi connectivity index (χ3n) is 9.01. The first-order valence-electron chi connectivity index (χ1n) is 13.3. The van der Waals surface area contributed by atoms with Crippen molar-refractivity contribution in [2.75, 3.05) is 0 Å². The number of esters is 1. The van der Waals surface area contributed by atoms with Crippen molar-refractivity contribution in [3.05, 3.63) is 90.0 Å². The predicted octanol–water partition coefficient (Wildman–Crippen LogP) is 4.61. The summed E-state index contributed by atoms with van der Waals surface area (Å²) >= 11 is 0. The molecule has 38 heavy (non-hydrogen) atoms. The van der Waals surface area contributed by atoms with Crippen molar-refractivity contribution in [3.8, 4) is 5.75 Å². The molecule has 1 heterocycles. The summed E-state index contributed by atoms with van der Waals surface area (Å²) in [6, 6.07) is 19.1. The Morgan fingerprint density at radius 1 is 0.868 bits per heavy atom. The molecule has 2 bridgehead atoms. The molecular formula is C32H27NO5. The van der Waals surface area contributed by atoms with Crippen LogP contribution >= 0.6 is 0 Å². The number of likely N-dealkylation sites (tertiary alicyclic amines) is 1. The number of hydrogen-bond acceptors (Lipinski definition) is 5. The minimum Gasteiger partial charge on any atom is -0.424 e. The Bertz CT molecular complexity index is 1510.